The SMILES string of the molecule is COc1ccccc1N1CC[NH+]([C@@H](C)C(=O)Nc2ccc(C)cc2)CC1. The fourth-order valence-electron chi connectivity index (χ4n) is 3.43. The van der Waals surface area contributed by atoms with E-state index in [1.807, 2.05) is 56.3 Å². The minimum absolute atomic E-state index is 0.0730. The maximum atomic E-state index is 12.6. The average molecular weight is 354 g/mol. The first kappa shape index (κ1) is 18.3. The number of rotatable bonds is 5. The van der Waals surface area contributed by atoms with Gasteiger partial charge in [0.2, 0.25) is 0 Å². The van der Waals surface area contributed by atoms with Crippen LogP contribution in [0, 0.1) is 6.92 Å². The number of hydrogen-bond acceptors (Lipinski definition) is 3. The van der Waals surface area contributed by atoms with Gasteiger partial charge in [-0.1, -0.05) is 29.8 Å². The van der Waals surface area contributed by atoms with Gasteiger partial charge in [0, 0.05) is 5.69 Å². The molecule has 0 aromatic heterocycles. The molecule has 1 aliphatic rings. The average Bonchev–Trinajstić information content (AvgIpc) is 2.69. The van der Waals surface area contributed by atoms with Gasteiger partial charge >= 0.3 is 0 Å². The number of methoxy groups -OCH3 is 1. The Hall–Kier alpha value is -2.53. The van der Waals surface area contributed by atoms with Crippen molar-refractivity contribution >= 4 is 17.3 Å². The number of aryl methyl sites for hydroxylation is 1. The van der Waals surface area contributed by atoms with Crippen LogP contribution in [0.25, 0.3) is 0 Å². The largest absolute Gasteiger partial charge is 0.495 e. The topological polar surface area (TPSA) is 46.0 Å². The first-order valence-corrected chi connectivity index (χ1v) is 9.18. The summed E-state index contributed by atoms with van der Waals surface area (Å²) in [7, 11) is 1.71. The zero-order valence-electron chi connectivity index (χ0n) is 15.8. The molecule has 2 N–H and O–H groups in total. The highest BCUT2D eigenvalue weighted by molar-refractivity contribution is 5.93. The van der Waals surface area contributed by atoms with Crippen molar-refractivity contribution in [2.24, 2.45) is 0 Å². The molecule has 0 bridgehead atoms. The highest BCUT2D eigenvalue weighted by Crippen LogP contribution is 2.27. The minimum Gasteiger partial charge on any atom is -0.495 e. The molecule has 26 heavy (non-hydrogen) atoms. The van der Waals surface area contributed by atoms with Gasteiger partial charge < -0.3 is 19.9 Å². The van der Waals surface area contributed by atoms with Crippen molar-refractivity contribution in [2.75, 3.05) is 43.5 Å². The Morgan fingerprint density at radius 2 is 1.77 bits per heavy atom. The Bertz CT molecular complexity index is 737. The van der Waals surface area contributed by atoms with Crippen LogP contribution in [-0.4, -0.2) is 45.2 Å². The summed E-state index contributed by atoms with van der Waals surface area (Å²) < 4.78 is 5.47. The maximum Gasteiger partial charge on any atom is 0.282 e. The van der Waals surface area contributed by atoms with E-state index in [0.717, 1.165) is 43.3 Å². The summed E-state index contributed by atoms with van der Waals surface area (Å²) in [6.45, 7) is 7.74. The van der Waals surface area contributed by atoms with Gasteiger partial charge in [-0.2, -0.15) is 0 Å². The van der Waals surface area contributed by atoms with E-state index in [2.05, 4.69) is 16.3 Å². The number of carbonyl (C=O) groups excluding carboxylic acids is 1. The molecule has 1 amide bonds. The Morgan fingerprint density at radius 1 is 1.12 bits per heavy atom. The van der Waals surface area contributed by atoms with Crippen molar-refractivity contribution in [1.29, 1.82) is 0 Å². The summed E-state index contributed by atoms with van der Waals surface area (Å²) in [5.41, 5.74) is 3.18. The molecule has 5 nitrogen and oxygen atoms in total. The molecule has 1 heterocycles. The highest BCUT2D eigenvalue weighted by Gasteiger charge is 2.30. The highest BCUT2D eigenvalue weighted by atomic mass is 16.5. The van der Waals surface area contributed by atoms with E-state index in [1.54, 1.807) is 7.11 Å². The molecular weight excluding hydrogens is 326 g/mol. The molecule has 3 rings (SSSR count). The Balaban J connectivity index is 1.57. The number of ether oxygens (including phenoxy) is 1. The summed E-state index contributed by atoms with van der Waals surface area (Å²) in [6.07, 6.45) is 0. The van der Waals surface area contributed by atoms with Crippen LogP contribution in [0.1, 0.15) is 12.5 Å². The van der Waals surface area contributed by atoms with Crippen LogP contribution in [0.3, 0.4) is 0 Å². The van der Waals surface area contributed by atoms with Crippen LogP contribution in [0.4, 0.5) is 11.4 Å². The molecule has 1 fully saturated rings. The van der Waals surface area contributed by atoms with Gasteiger partial charge in [-0.05, 0) is 38.1 Å². The number of para-hydroxylation sites is 2. The van der Waals surface area contributed by atoms with Gasteiger partial charge in [-0.25, -0.2) is 0 Å². The van der Waals surface area contributed by atoms with Gasteiger partial charge in [-0.3, -0.25) is 4.79 Å². The smallest absolute Gasteiger partial charge is 0.282 e. The molecule has 1 aliphatic heterocycles. The van der Waals surface area contributed by atoms with Crippen LogP contribution < -0.4 is 19.9 Å². The summed E-state index contributed by atoms with van der Waals surface area (Å²) in [6, 6.07) is 16.0. The third kappa shape index (κ3) is 4.17. The van der Waals surface area contributed by atoms with E-state index >= 15 is 0 Å². The van der Waals surface area contributed by atoms with Gasteiger partial charge in [0.25, 0.3) is 5.91 Å². The van der Waals surface area contributed by atoms with E-state index in [0.29, 0.717) is 0 Å². The number of anilines is 2. The van der Waals surface area contributed by atoms with E-state index in [9.17, 15) is 4.79 Å². The third-order valence-corrected chi connectivity index (χ3v) is 5.16. The van der Waals surface area contributed by atoms with E-state index < -0.39 is 0 Å². The van der Waals surface area contributed by atoms with Crippen molar-refractivity contribution in [3.8, 4) is 5.75 Å². The van der Waals surface area contributed by atoms with Crippen molar-refractivity contribution < 1.29 is 14.4 Å². The molecule has 0 aliphatic carbocycles. The van der Waals surface area contributed by atoms with Crippen molar-refractivity contribution in [2.45, 2.75) is 19.9 Å². The fourth-order valence-corrected chi connectivity index (χ4v) is 3.43. The van der Waals surface area contributed by atoms with E-state index in [4.69, 9.17) is 4.74 Å². The lowest BCUT2D eigenvalue weighted by molar-refractivity contribution is -0.914. The Kier molecular flexibility index (Phi) is 5.78. The standard InChI is InChI=1S/C21H27N3O2/c1-16-8-10-18(11-9-16)22-21(25)17(2)23-12-14-24(15-13-23)19-6-4-5-7-20(19)26-3/h4-11,17H,12-15H2,1-3H3,(H,22,25)/p+1/t17-/m0/s1. The number of nitrogens with zero attached hydrogens (tertiary/aromatic N) is 1. The molecule has 0 spiro atoms. The van der Waals surface area contributed by atoms with Gasteiger partial charge in [0.05, 0.1) is 39.0 Å². The molecular formula is C21H28N3O2+. The molecule has 0 radical (unpaired) electrons. The molecule has 5 heteroatoms. The quantitative estimate of drug-likeness (QED) is 0.860. The van der Waals surface area contributed by atoms with E-state index in [-0.39, 0.29) is 11.9 Å². The van der Waals surface area contributed by atoms with Crippen molar-refractivity contribution in [3.63, 3.8) is 0 Å². The lowest BCUT2D eigenvalue weighted by Crippen LogP contribution is -3.19. The van der Waals surface area contributed by atoms with Crippen LogP contribution in [0.15, 0.2) is 48.5 Å². The predicted octanol–water partition coefficient (Wildman–Crippen LogP) is 1.74. The van der Waals surface area contributed by atoms with Gasteiger partial charge in [-0.15, -0.1) is 0 Å². The lowest BCUT2D eigenvalue weighted by atomic mass is 10.1. The Morgan fingerprint density at radius 3 is 2.42 bits per heavy atom. The number of carbonyl (C=O) groups is 1. The van der Waals surface area contributed by atoms with Gasteiger partial charge in [0.1, 0.15) is 5.75 Å². The minimum atomic E-state index is -0.0730. The summed E-state index contributed by atoms with van der Waals surface area (Å²) in [5, 5.41) is 3.03. The number of piperazine rings is 1. The second-order valence-corrected chi connectivity index (χ2v) is 6.89. The molecule has 1 atom stereocenters. The molecule has 1 saturated heterocycles. The predicted molar refractivity (Wildman–Crippen MR) is 105 cm³/mol. The number of nitrogens with one attached hydrogen (secondary N) is 2. The second kappa shape index (κ2) is 8.23. The number of hydrogen-bond donors (Lipinski definition) is 2. The second-order valence-electron chi connectivity index (χ2n) is 6.89. The zero-order valence-corrected chi connectivity index (χ0v) is 15.8. The summed E-state index contributed by atoms with van der Waals surface area (Å²) >= 11 is 0. The fraction of sp³-hybridized carbons (Fsp3) is 0.381. The van der Waals surface area contributed by atoms with Crippen molar-refractivity contribution in [3.05, 3.63) is 54.1 Å². The first-order valence-electron chi connectivity index (χ1n) is 9.18. The van der Waals surface area contributed by atoms with Crippen LogP contribution in [0.5, 0.6) is 5.75 Å². The normalized spacial score (nSPS) is 16.2. The maximum absolute atomic E-state index is 12.6. The summed E-state index contributed by atoms with van der Waals surface area (Å²) in [5.74, 6) is 0.982. The molecule has 0 saturated carbocycles. The summed E-state index contributed by atoms with van der Waals surface area (Å²) in [4.78, 5) is 16.2. The van der Waals surface area contributed by atoms with Crippen LogP contribution in [0.2, 0.25) is 0 Å². The molecule has 2 aromatic rings. The monoisotopic (exact) mass is 354 g/mol. The number of benzene rings is 2. The molecule has 0 unspecified atom stereocenters. The van der Waals surface area contributed by atoms with E-state index in [1.165, 1.54) is 10.5 Å². The van der Waals surface area contributed by atoms with Crippen LogP contribution in [-0.2, 0) is 4.79 Å². The Labute approximate surface area is 155 Å². The first-order chi connectivity index (χ1) is 12.6. The number of amides is 1. The van der Waals surface area contributed by atoms with Crippen LogP contribution >= 0.6 is 0 Å². The number of quaternary nitrogens is 1. The lowest BCUT2D eigenvalue weighted by Gasteiger charge is -2.36. The molecule has 138 valence electrons. The third-order valence-electron chi connectivity index (χ3n) is 5.16. The molecule has 2 aromatic carbocycles. The van der Waals surface area contributed by atoms with Gasteiger partial charge in [0.15, 0.2) is 6.04 Å². The van der Waals surface area contributed by atoms with Crippen molar-refractivity contribution in [1.82, 2.24) is 0 Å². The zero-order chi connectivity index (χ0) is 18.5.